The lowest BCUT2D eigenvalue weighted by Gasteiger charge is -2.30. The molecule has 0 saturated heterocycles. The van der Waals surface area contributed by atoms with E-state index in [0.717, 1.165) is 10.6 Å². The van der Waals surface area contributed by atoms with Crippen LogP contribution in [-0.4, -0.2) is 17.8 Å². The van der Waals surface area contributed by atoms with Gasteiger partial charge >= 0.3 is 0 Å². The lowest BCUT2D eigenvalue weighted by Crippen LogP contribution is -2.32. The summed E-state index contributed by atoms with van der Waals surface area (Å²) in [5, 5.41) is 8.74. The molecule has 0 aliphatic carbocycles. The highest BCUT2D eigenvalue weighted by atomic mass is 35.5. The monoisotopic (exact) mass is 238 g/mol. The van der Waals surface area contributed by atoms with Gasteiger partial charge in [-0.3, -0.25) is 5.41 Å². The first-order chi connectivity index (χ1) is 7.45. The zero-order valence-electron chi connectivity index (χ0n) is 10.3. The van der Waals surface area contributed by atoms with Crippen LogP contribution in [0.2, 0.25) is 5.02 Å². The Morgan fingerprint density at radius 1 is 1.25 bits per heavy atom. The van der Waals surface area contributed by atoms with Gasteiger partial charge in [0.1, 0.15) is 0 Å². The minimum atomic E-state index is 0.128. The van der Waals surface area contributed by atoms with Crippen LogP contribution in [0, 0.1) is 11.3 Å². The Labute approximate surface area is 103 Å². The Hall–Kier alpha value is -1.02. The predicted octanol–water partition coefficient (Wildman–Crippen LogP) is 3.97. The lowest BCUT2D eigenvalue weighted by molar-refractivity contribution is 0.381. The van der Waals surface area contributed by atoms with Crippen molar-refractivity contribution < 1.29 is 0 Å². The normalized spacial score (nSPS) is 12.6. The smallest absolute Gasteiger partial charge is 0.0986 e. The standard InChI is InChI=1S/C13H19ClN2/c1-9(2)13(15)16(4)10(3)11-7-5-6-8-12(11)14/h5-10,15H,1-4H3. The molecule has 16 heavy (non-hydrogen) atoms. The molecule has 0 aliphatic heterocycles. The summed E-state index contributed by atoms with van der Waals surface area (Å²) in [6.07, 6.45) is 0. The van der Waals surface area contributed by atoms with E-state index in [1.54, 1.807) is 0 Å². The third kappa shape index (κ3) is 2.76. The summed E-state index contributed by atoms with van der Waals surface area (Å²) in [4.78, 5) is 1.96. The molecule has 0 bridgehead atoms. The van der Waals surface area contributed by atoms with E-state index >= 15 is 0 Å². The van der Waals surface area contributed by atoms with Gasteiger partial charge in [0.05, 0.1) is 11.9 Å². The zero-order valence-corrected chi connectivity index (χ0v) is 11.0. The fraction of sp³-hybridized carbons (Fsp3) is 0.462. The maximum atomic E-state index is 7.98. The van der Waals surface area contributed by atoms with Gasteiger partial charge in [-0.25, -0.2) is 0 Å². The van der Waals surface area contributed by atoms with Gasteiger partial charge < -0.3 is 4.90 Å². The van der Waals surface area contributed by atoms with Crippen molar-refractivity contribution in [2.24, 2.45) is 5.92 Å². The second-order valence-corrected chi connectivity index (χ2v) is 4.76. The third-order valence-electron chi connectivity index (χ3n) is 2.86. The minimum Gasteiger partial charge on any atom is -0.357 e. The Balaban J connectivity index is 2.90. The highest BCUT2D eigenvalue weighted by Gasteiger charge is 2.18. The Kier molecular flexibility index (Phi) is 4.36. The summed E-state index contributed by atoms with van der Waals surface area (Å²) in [6, 6.07) is 7.93. The van der Waals surface area contributed by atoms with Crippen LogP contribution in [0.1, 0.15) is 32.4 Å². The molecule has 88 valence electrons. The van der Waals surface area contributed by atoms with Crippen LogP contribution in [0.5, 0.6) is 0 Å². The van der Waals surface area contributed by atoms with Gasteiger partial charge in [0.15, 0.2) is 0 Å². The van der Waals surface area contributed by atoms with Crippen molar-refractivity contribution in [1.29, 1.82) is 5.41 Å². The molecule has 0 aliphatic rings. The fourth-order valence-corrected chi connectivity index (χ4v) is 1.93. The Bertz CT molecular complexity index is 374. The van der Waals surface area contributed by atoms with Crippen LogP contribution in [0.4, 0.5) is 0 Å². The summed E-state index contributed by atoms with van der Waals surface area (Å²) in [5.41, 5.74) is 1.07. The molecule has 0 saturated carbocycles. The van der Waals surface area contributed by atoms with Crippen LogP contribution in [-0.2, 0) is 0 Å². The summed E-state index contributed by atoms with van der Waals surface area (Å²) >= 11 is 6.15. The molecule has 2 nitrogen and oxygen atoms in total. The molecule has 3 heteroatoms. The van der Waals surface area contributed by atoms with Crippen molar-refractivity contribution >= 4 is 17.4 Å². The van der Waals surface area contributed by atoms with E-state index < -0.39 is 0 Å². The fourth-order valence-electron chi connectivity index (χ4n) is 1.64. The van der Waals surface area contributed by atoms with Gasteiger partial charge in [0.2, 0.25) is 0 Å². The summed E-state index contributed by atoms with van der Waals surface area (Å²) in [7, 11) is 1.94. The van der Waals surface area contributed by atoms with Crippen LogP contribution in [0.15, 0.2) is 24.3 Å². The number of halogens is 1. The number of benzene rings is 1. The predicted molar refractivity (Wildman–Crippen MR) is 70.2 cm³/mol. The SMILES string of the molecule is CC(C)C(=N)N(C)C(C)c1ccccc1Cl. The maximum Gasteiger partial charge on any atom is 0.0986 e. The van der Waals surface area contributed by atoms with E-state index in [1.807, 2.05) is 50.1 Å². The number of nitrogens with zero attached hydrogens (tertiary/aromatic N) is 1. The van der Waals surface area contributed by atoms with Crippen molar-refractivity contribution in [3.05, 3.63) is 34.9 Å². The van der Waals surface area contributed by atoms with E-state index in [-0.39, 0.29) is 12.0 Å². The Morgan fingerprint density at radius 2 is 1.81 bits per heavy atom. The van der Waals surface area contributed by atoms with Crippen LogP contribution in [0.25, 0.3) is 0 Å². The maximum absolute atomic E-state index is 7.98. The second-order valence-electron chi connectivity index (χ2n) is 4.35. The second kappa shape index (κ2) is 5.35. The molecule has 1 aromatic carbocycles. The molecule has 0 heterocycles. The van der Waals surface area contributed by atoms with Crippen molar-refractivity contribution in [1.82, 2.24) is 4.90 Å². The first kappa shape index (κ1) is 13.0. The number of hydrogen-bond donors (Lipinski definition) is 1. The van der Waals surface area contributed by atoms with Crippen LogP contribution >= 0.6 is 11.6 Å². The number of amidine groups is 1. The van der Waals surface area contributed by atoms with Gasteiger partial charge in [0.25, 0.3) is 0 Å². The van der Waals surface area contributed by atoms with Crippen molar-refractivity contribution in [3.8, 4) is 0 Å². The largest absolute Gasteiger partial charge is 0.357 e. The lowest BCUT2D eigenvalue weighted by atomic mass is 10.1. The van der Waals surface area contributed by atoms with E-state index in [1.165, 1.54) is 0 Å². The number of nitrogens with one attached hydrogen (secondary N) is 1. The van der Waals surface area contributed by atoms with Gasteiger partial charge in [-0.2, -0.15) is 0 Å². The number of hydrogen-bond acceptors (Lipinski definition) is 1. The molecule has 1 atom stereocenters. The first-order valence-corrected chi connectivity index (χ1v) is 5.88. The molecule has 0 radical (unpaired) electrons. The van der Waals surface area contributed by atoms with Crippen LogP contribution in [0.3, 0.4) is 0 Å². The summed E-state index contributed by atoms with van der Waals surface area (Å²) in [5.74, 6) is 0.863. The van der Waals surface area contributed by atoms with Crippen molar-refractivity contribution in [3.63, 3.8) is 0 Å². The third-order valence-corrected chi connectivity index (χ3v) is 3.21. The highest BCUT2D eigenvalue weighted by molar-refractivity contribution is 6.31. The van der Waals surface area contributed by atoms with Gasteiger partial charge in [-0.05, 0) is 18.6 Å². The molecular formula is C13H19ClN2. The Morgan fingerprint density at radius 3 is 2.31 bits per heavy atom. The van der Waals surface area contributed by atoms with E-state index in [0.29, 0.717) is 5.84 Å². The topological polar surface area (TPSA) is 27.1 Å². The molecule has 0 aromatic heterocycles. The molecule has 0 spiro atoms. The quantitative estimate of drug-likeness (QED) is 0.626. The molecule has 1 N–H and O–H groups in total. The van der Waals surface area contributed by atoms with Gasteiger partial charge in [-0.1, -0.05) is 43.6 Å². The summed E-state index contributed by atoms with van der Waals surface area (Å²) < 4.78 is 0. The van der Waals surface area contributed by atoms with E-state index in [9.17, 15) is 0 Å². The molecular weight excluding hydrogens is 220 g/mol. The minimum absolute atomic E-state index is 0.128. The average Bonchev–Trinajstić information content (AvgIpc) is 2.26. The van der Waals surface area contributed by atoms with E-state index in [4.69, 9.17) is 17.0 Å². The molecule has 1 unspecified atom stereocenters. The number of rotatable bonds is 3. The first-order valence-electron chi connectivity index (χ1n) is 5.50. The van der Waals surface area contributed by atoms with E-state index in [2.05, 4.69) is 6.92 Å². The average molecular weight is 239 g/mol. The summed E-state index contributed by atoms with van der Waals surface area (Å²) in [6.45, 7) is 6.12. The van der Waals surface area contributed by atoms with Crippen molar-refractivity contribution in [2.45, 2.75) is 26.8 Å². The molecule has 1 aromatic rings. The van der Waals surface area contributed by atoms with Gasteiger partial charge in [0, 0.05) is 18.0 Å². The van der Waals surface area contributed by atoms with Crippen LogP contribution < -0.4 is 0 Å². The van der Waals surface area contributed by atoms with Crippen molar-refractivity contribution in [2.75, 3.05) is 7.05 Å². The molecule has 0 fully saturated rings. The zero-order chi connectivity index (χ0) is 12.3. The highest BCUT2D eigenvalue weighted by Crippen LogP contribution is 2.26. The molecule has 0 amide bonds. The molecule has 1 rings (SSSR count). The van der Waals surface area contributed by atoms with Gasteiger partial charge in [-0.15, -0.1) is 0 Å².